The first kappa shape index (κ1) is 13.1. The number of hydrogen-bond acceptors (Lipinski definition) is 4. The van der Waals surface area contributed by atoms with E-state index in [1.807, 2.05) is 19.9 Å². The van der Waals surface area contributed by atoms with Crippen LogP contribution in [0.1, 0.15) is 34.6 Å². The maximum atomic E-state index is 12.3. The van der Waals surface area contributed by atoms with Crippen LogP contribution < -0.4 is 10.6 Å². The Morgan fingerprint density at radius 2 is 2.40 bits per heavy atom. The van der Waals surface area contributed by atoms with Gasteiger partial charge in [-0.25, -0.2) is 9.50 Å². The van der Waals surface area contributed by atoms with Crippen LogP contribution in [0.3, 0.4) is 0 Å². The predicted octanol–water partition coefficient (Wildman–Crippen LogP) is 0.828. The van der Waals surface area contributed by atoms with Gasteiger partial charge in [0.25, 0.3) is 5.91 Å². The molecule has 1 amide bonds. The Balaban J connectivity index is 1.80. The number of fused-ring (bicyclic) bond motifs is 1. The van der Waals surface area contributed by atoms with Gasteiger partial charge in [-0.3, -0.25) is 4.79 Å². The largest absolute Gasteiger partial charge is 0.350 e. The van der Waals surface area contributed by atoms with Crippen LogP contribution in [0.4, 0.5) is 0 Å². The van der Waals surface area contributed by atoms with Crippen molar-refractivity contribution in [1.82, 2.24) is 25.2 Å². The Morgan fingerprint density at radius 1 is 1.55 bits per heavy atom. The van der Waals surface area contributed by atoms with Crippen LogP contribution in [0.5, 0.6) is 0 Å². The van der Waals surface area contributed by atoms with Gasteiger partial charge in [0.15, 0.2) is 5.65 Å². The van der Waals surface area contributed by atoms with Crippen LogP contribution in [0.15, 0.2) is 12.3 Å². The first-order chi connectivity index (χ1) is 9.65. The summed E-state index contributed by atoms with van der Waals surface area (Å²) < 4.78 is 1.70. The van der Waals surface area contributed by atoms with E-state index < -0.39 is 0 Å². The molecule has 1 fully saturated rings. The molecule has 2 N–H and O–H groups in total. The van der Waals surface area contributed by atoms with Crippen LogP contribution in [0.25, 0.3) is 5.65 Å². The molecular weight excluding hydrogens is 254 g/mol. The fourth-order valence-electron chi connectivity index (χ4n) is 2.67. The van der Waals surface area contributed by atoms with Gasteiger partial charge >= 0.3 is 0 Å². The number of nitrogens with zero attached hydrogens (tertiary/aromatic N) is 3. The molecule has 0 radical (unpaired) electrons. The first-order valence-corrected chi connectivity index (χ1v) is 6.99. The molecule has 1 atom stereocenters. The van der Waals surface area contributed by atoms with Crippen LogP contribution in [-0.4, -0.2) is 39.6 Å². The fourth-order valence-corrected chi connectivity index (χ4v) is 2.67. The molecule has 1 aliphatic heterocycles. The third-order valence-corrected chi connectivity index (χ3v) is 3.69. The van der Waals surface area contributed by atoms with Crippen LogP contribution in [-0.2, 0) is 0 Å². The molecule has 0 spiro atoms. The normalized spacial score (nSPS) is 18.6. The number of carbonyl (C=O) groups is 1. The van der Waals surface area contributed by atoms with Crippen molar-refractivity contribution < 1.29 is 4.79 Å². The second-order valence-corrected chi connectivity index (χ2v) is 5.34. The van der Waals surface area contributed by atoms with Crippen molar-refractivity contribution in [2.45, 2.75) is 32.7 Å². The molecule has 6 heteroatoms. The van der Waals surface area contributed by atoms with E-state index in [9.17, 15) is 4.79 Å². The molecule has 106 valence electrons. The van der Waals surface area contributed by atoms with Gasteiger partial charge in [-0.1, -0.05) is 0 Å². The number of amides is 1. The Kier molecular flexibility index (Phi) is 3.40. The molecule has 0 bridgehead atoms. The molecule has 1 saturated heterocycles. The van der Waals surface area contributed by atoms with E-state index in [0.29, 0.717) is 23.8 Å². The van der Waals surface area contributed by atoms with Crippen molar-refractivity contribution in [1.29, 1.82) is 0 Å². The quantitative estimate of drug-likeness (QED) is 0.869. The summed E-state index contributed by atoms with van der Waals surface area (Å²) in [7, 11) is 0. The third kappa shape index (κ3) is 2.38. The van der Waals surface area contributed by atoms with E-state index in [0.717, 1.165) is 24.4 Å². The van der Waals surface area contributed by atoms with Crippen molar-refractivity contribution in [3.05, 3.63) is 29.2 Å². The summed E-state index contributed by atoms with van der Waals surface area (Å²) >= 11 is 0. The number of rotatable bonds is 3. The second kappa shape index (κ2) is 5.20. The number of aromatic nitrogens is 3. The van der Waals surface area contributed by atoms with Gasteiger partial charge in [-0.15, -0.1) is 0 Å². The third-order valence-electron chi connectivity index (χ3n) is 3.69. The number of aryl methyl sites for hydroxylation is 2. The Labute approximate surface area is 117 Å². The molecule has 3 heterocycles. The molecule has 1 unspecified atom stereocenters. The van der Waals surface area contributed by atoms with Crippen LogP contribution >= 0.6 is 0 Å². The van der Waals surface area contributed by atoms with Gasteiger partial charge in [0.2, 0.25) is 0 Å². The summed E-state index contributed by atoms with van der Waals surface area (Å²) in [6.07, 6.45) is 3.88. The van der Waals surface area contributed by atoms with E-state index in [1.165, 1.54) is 6.42 Å². The van der Waals surface area contributed by atoms with Crippen molar-refractivity contribution in [2.24, 2.45) is 0 Å². The summed E-state index contributed by atoms with van der Waals surface area (Å²) in [4.78, 5) is 16.7. The van der Waals surface area contributed by atoms with Gasteiger partial charge < -0.3 is 10.6 Å². The van der Waals surface area contributed by atoms with Crippen LogP contribution in [0, 0.1) is 13.8 Å². The minimum Gasteiger partial charge on any atom is -0.350 e. The van der Waals surface area contributed by atoms with Crippen LogP contribution in [0.2, 0.25) is 0 Å². The second-order valence-electron chi connectivity index (χ2n) is 5.34. The lowest BCUT2D eigenvalue weighted by atomic mass is 10.2. The SMILES string of the molecule is Cc1cc(C)n2ncc(C(=O)NCC3CCCN3)c2n1. The lowest BCUT2D eigenvalue weighted by Crippen LogP contribution is -2.37. The number of nitrogens with one attached hydrogen (secondary N) is 2. The van der Waals surface area contributed by atoms with E-state index >= 15 is 0 Å². The smallest absolute Gasteiger partial charge is 0.256 e. The molecule has 0 aromatic carbocycles. The lowest BCUT2D eigenvalue weighted by molar-refractivity contribution is 0.0952. The standard InChI is InChI=1S/C14H19N5O/c1-9-6-10(2)19-13(18-9)12(8-17-19)14(20)16-7-11-4-3-5-15-11/h6,8,11,15H,3-5,7H2,1-2H3,(H,16,20). The van der Waals surface area contributed by atoms with E-state index in [2.05, 4.69) is 20.7 Å². The number of carbonyl (C=O) groups excluding carboxylic acids is 1. The zero-order valence-corrected chi connectivity index (χ0v) is 11.8. The topological polar surface area (TPSA) is 71.3 Å². The van der Waals surface area contributed by atoms with Gasteiger partial charge in [0.05, 0.1) is 6.20 Å². The zero-order chi connectivity index (χ0) is 14.1. The molecule has 3 rings (SSSR count). The average Bonchev–Trinajstić information content (AvgIpc) is 3.04. The van der Waals surface area contributed by atoms with Crippen molar-refractivity contribution in [3.8, 4) is 0 Å². The maximum absolute atomic E-state index is 12.3. The molecule has 0 saturated carbocycles. The maximum Gasteiger partial charge on any atom is 0.256 e. The Morgan fingerprint density at radius 3 is 3.15 bits per heavy atom. The molecule has 6 nitrogen and oxygen atoms in total. The minimum absolute atomic E-state index is 0.105. The first-order valence-electron chi connectivity index (χ1n) is 6.99. The summed E-state index contributed by atoms with van der Waals surface area (Å²) in [5.74, 6) is -0.105. The summed E-state index contributed by atoms with van der Waals surface area (Å²) in [6.45, 7) is 5.57. The number of hydrogen-bond donors (Lipinski definition) is 2. The van der Waals surface area contributed by atoms with Gasteiger partial charge in [0.1, 0.15) is 5.56 Å². The highest BCUT2D eigenvalue weighted by Gasteiger charge is 2.18. The zero-order valence-electron chi connectivity index (χ0n) is 11.8. The molecule has 20 heavy (non-hydrogen) atoms. The van der Waals surface area contributed by atoms with Gasteiger partial charge in [0, 0.05) is 24.0 Å². The molecule has 2 aromatic rings. The highest BCUT2D eigenvalue weighted by Crippen LogP contribution is 2.12. The van der Waals surface area contributed by atoms with E-state index in [4.69, 9.17) is 0 Å². The lowest BCUT2D eigenvalue weighted by Gasteiger charge is -2.10. The Hall–Kier alpha value is -1.95. The molecule has 0 aliphatic carbocycles. The molecular formula is C14H19N5O. The molecule has 1 aliphatic rings. The summed E-state index contributed by atoms with van der Waals surface area (Å²) in [5.41, 5.74) is 3.03. The van der Waals surface area contributed by atoms with Crippen molar-refractivity contribution >= 4 is 11.6 Å². The van der Waals surface area contributed by atoms with Crippen molar-refractivity contribution in [3.63, 3.8) is 0 Å². The van der Waals surface area contributed by atoms with Crippen molar-refractivity contribution in [2.75, 3.05) is 13.1 Å². The summed E-state index contributed by atoms with van der Waals surface area (Å²) in [6, 6.07) is 2.33. The monoisotopic (exact) mass is 273 g/mol. The predicted molar refractivity (Wildman–Crippen MR) is 75.8 cm³/mol. The average molecular weight is 273 g/mol. The highest BCUT2D eigenvalue weighted by molar-refractivity contribution is 5.99. The van der Waals surface area contributed by atoms with Gasteiger partial charge in [-0.2, -0.15) is 5.10 Å². The highest BCUT2D eigenvalue weighted by atomic mass is 16.1. The minimum atomic E-state index is -0.105. The molecule has 2 aromatic heterocycles. The summed E-state index contributed by atoms with van der Waals surface area (Å²) in [5, 5.41) is 10.6. The van der Waals surface area contributed by atoms with E-state index in [1.54, 1.807) is 10.7 Å². The van der Waals surface area contributed by atoms with Gasteiger partial charge in [-0.05, 0) is 39.3 Å². The Bertz CT molecular complexity index is 642. The van der Waals surface area contributed by atoms with E-state index in [-0.39, 0.29) is 5.91 Å². The fraction of sp³-hybridized carbons (Fsp3) is 0.500.